The van der Waals surface area contributed by atoms with E-state index in [2.05, 4.69) is 0 Å². The molecule has 0 aromatic heterocycles. The van der Waals surface area contributed by atoms with Crippen LogP contribution in [0.15, 0.2) is 72.8 Å². The van der Waals surface area contributed by atoms with Crippen molar-refractivity contribution in [3.05, 3.63) is 89.5 Å². The monoisotopic (exact) mass is 346 g/mol. The summed E-state index contributed by atoms with van der Waals surface area (Å²) < 4.78 is 15.8. The fourth-order valence-electron chi connectivity index (χ4n) is 2.62. The molecule has 26 heavy (non-hydrogen) atoms. The average molecular weight is 346 g/mol. The maximum Gasteiger partial charge on any atom is 0.343 e. The molecule has 0 radical (unpaired) electrons. The van der Waals surface area contributed by atoms with Crippen molar-refractivity contribution in [1.82, 2.24) is 0 Å². The molecule has 5 heteroatoms. The van der Waals surface area contributed by atoms with Crippen molar-refractivity contribution in [2.24, 2.45) is 0 Å². The van der Waals surface area contributed by atoms with Crippen LogP contribution >= 0.6 is 0 Å². The van der Waals surface area contributed by atoms with Crippen LogP contribution in [-0.2, 0) is 0 Å². The number of carbonyl (C=O) groups is 2. The standard InChI is InChI=1S/C21H14O5/c22-20(14-4-2-1-3-5-14)15-6-8-16(9-7-15)21(23)26-17-10-11-18-19(12-17)25-13-24-18/h1-12H,13H2. The lowest BCUT2D eigenvalue weighted by Gasteiger charge is -2.06. The Morgan fingerprint density at radius 3 is 2.15 bits per heavy atom. The van der Waals surface area contributed by atoms with Gasteiger partial charge in [-0.2, -0.15) is 0 Å². The number of ketones is 1. The molecule has 4 rings (SSSR count). The van der Waals surface area contributed by atoms with Gasteiger partial charge in [-0.25, -0.2) is 4.79 Å². The van der Waals surface area contributed by atoms with E-state index in [1.807, 2.05) is 18.2 Å². The summed E-state index contributed by atoms with van der Waals surface area (Å²) in [6, 6.07) is 20.3. The third-order valence-corrected chi connectivity index (χ3v) is 3.97. The number of fused-ring (bicyclic) bond motifs is 1. The Kier molecular flexibility index (Phi) is 4.11. The maximum absolute atomic E-state index is 12.4. The Morgan fingerprint density at radius 2 is 1.38 bits per heavy atom. The number of hydrogen-bond donors (Lipinski definition) is 0. The molecule has 0 spiro atoms. The Labute approximate surface area is 149 Å². The molecular formula is C21H14O5. The highest BCUT2D eigenvalue weighted by Crippen LogP contribution is 2.35. The summed E-state index contributed by atoms with van der Waals surface area (Å²) in [4.78, 5) is 24.7. The van der Waals surface area contributed by atoms with Crippen molar-refractivity contribution in [1.29, 1.82) is 0 Å². The molecule has 128 valence electrons. The molecule has 1 aliphatic heterocycles. The first kappa shape index (κ1) is 15.9. The molecule has 1 heterocycles. The highest BCUT2D eigenvalue weighted by atomic mass is 16.7. The number of carbonyl (C=O) groups excluding carboxylic acids is 2. The molecular weight excluding hydrogens is 332 g/mol. The van der Waals surface area contributed by atoms with Crippen LogP contribution in [0.1, 0.15) is 26.3 Å². The Balaban J connectivity index is 1.48. The summed E-state index contributed by atoms with van der Waals surface area (Å²) in [6.45, 7) is 0.156. The van der Waals surface area contributed by atoms with Crippen LogP contribution in [0.5, 0.6) is 17.2 Å². The fraction of sp³-hybridized carbons (Fsp3) is 0.0476. The fourth-order valence-corrected chi connectivity index (χ4v) is 2.62. The molecule has 0 fully saturated rings. The lowest BCUT2D eigenvalue weighted by Crippen LogP contribution is -2.09. The molecule has 0 saturated heterocycles. The average Bonchev–Trinajstić information content (AvgIpc) is 3.16. The first-order valence-electron chi connectivity index (χ1n) is 8.02. The van der Waals surface area contributed by atoms with Gasteiger partial charge in [0.1, 0.15) is 5.75 Å². The Morgan fingerprint density at radius 1 is 0.731 bits per heavy atom. The van der Waals surface area contributed by atoms with Gasteiger partial charge < -0.3 is 14.2 Å². The van der Waals surface area contributed by atoms with Gasteiger partial charge in [0.15, 0.2) is 17.3 Å². The van der Waals surface area contributed by atoms with Gasteiger partial charge >= 0.3 is 5.97 Å². The van der Waals surface area contributed by atoms with E-state index >= 15 is 0 Å². The minimum atomic E-state index is -0.512. The second-order valence-electron chi connectivity index (χ2n) is 5.68. The topological polar surface area (TPSA) is 61.8 Å². The smallest absolute Gasteiger partial charge is 0.343 e. The Bertz CT molecular complexity index is 961. The highest BCUT2D eigenvalue weighted by molar-refractivity contribution is 6.09. The minimum absolute atomic E-state index is 0.0960. The summed E-state index contributed by atoms with van der Waals surface area (Å²) in [6.07, 6.45) is 0. The predicted molar refractivity (Wildman–Crippen MR) is 93.8 cm³/mol. The van der Waals surface area contributed by atoms with E-state index in [-0.39, 0.29) is 12.6 Å². The largest absolute Gasteiger partial charge is 0.454 e. The highest BCUT2D eigenvalue weighted by Gasteiger charge is 2.16. The SMILES string of the molecule is O=C(Oc1ccc2c(c1)OCO2)c1ccc(C(=O)c2ccccc2)cc1. The van der Waals surface area contributed by atoms with E-state index in [0.29, 0.717) is 33.9 Å². The number of hydrogen-bond acceptors (Lipinski definition) is 5. The second kappa shape index (κ2) is 6.72. The summed E-state index contributed by atoms with van der Waals surface area (Å²) >= 11 is 0. The zero-order chi connectivity index (χ0) is 17.9. The van der Waals surface area contributed by atoms with Crippen LogP contribution in [-0.4, -0.2) is 18.5 Å². The zero-order valence-electron chi connectivity index (χ0n) is 13.7. The van der Waals surface area contributed by atoms with E-state index in [1.54, 1.807) is 54.6 Å². The molecule has 0 aliphatic carbocycles. The lowest BCUT2D eigenvalue weighted by atomic mass is 10.0. The number of rotatable bonds is 4. The predicted octanol–water partition coefficient (Wildman–Crippen LogP) is 3.87. The van der Waals surface area contributed by atoms with E-state index in [0.717, 1.165) is 0 Å². The van der Waals surface area contributed by atoms with Gasteiger partial charge in [0, 0.05) is 17.2 Å². The van der Waals surface area contributed by atoms with Crippen LogP contribution in [0.3, 0.4) is 0 Å². The molecule has 0 bridgehead atoms. The van der Waals surface area contributed by atoms with E-state index in [1.165, 1.54) is 0 Å². The molecule has 1 aliphatic rings. The van der Waals surface area contributed by atoms with Gasteiger partial charge in [0.2, 0.25) is 6.79 Å². The molecule has 5 nitrogen and oxygen atoms in total. The van der Waals surface area contributed by atoms with Crippen molar-refractivity contribution >= 4 is 11.8 Å². The van der Waals surface area contributed by atoms with E-state index in [4.69, 9.17) is 14.2 Å². The van der Waals surface area contributed by atoms with Crippen LogP contribution in [0, 0.1) is 0 Å². The molecule has 3 aromatic rings. The number of esters is 1. The van der Waals surface area contributed by atoms with Crippen molar-refractivity contribution in [3.63, 3.8) is 0 Å². The van der Waals surface area contributed by atoms with Crippen LogP contribution in [0.2, 0.25) is 0 Å². The van der Waals surface area contributed by atoms with Crippen LogP contribution < -0.4 is 14.2 Å². The third kappa shape index (κ3) is 3.15. The van der Waals surface area contributed by atoms with E-state index in [9.17, 15) is 9.59 Å². The first-order valence-corrected chi connectivity index (χ1v) is 8.02. The van der Waals surface area contributed by atoms with Gasteiger partial charge in [-0.1, -0.05) is 42.5 Å². The van der Waals surface area contributed by atoms with Gasteiger partial charge in [-0.15, -0.1) is 0 Å². The van der Waals surface area contributed by atoms with Crippen molar-refractivity contribution in [2.75, 3.05) is 6.79 Å². The normalized spacial score (nSPS) is 11.8. The van der Waals surface area contributed by atoms with Crippen molar-refractivity contribution in [2.45, 2.75) is 0 Å². The summed E-state index contributed by atoms with van der Waals surface area (Å²) in [5.74, 6) is 0.917. The summed E-state index contributed by atoms with van der Waals surface area (Å²) in [5, 5.41) is 0. The molecule has 0 saturated carbocycles. The van der Waals surface area contributed by atoms with Gasteiger partial charge in [0.25, 0.3) is 0 Å². The molecule has 0 unspecified atom stereocenters. The lowest BCUT2D eigenvalue weighted by molar-refractivity contribution is 0.0734. The Hall–Kier alpha value is -3.60. The van der Waals surface area contributed by atoms with Crippen LogP contribution in [0.4, 0.5) is 0 Å². The van der Waals surface area contributed by atoms with Crippen LogP contribution in [0.25, 0.3) is 0 Å². The zero-order valence-corrected chi connectivity index (χ0v) is 13.7. The van der Waals surface area contributed by atoms with Gasteiger partial charge in [-0.3, -0.25) is 4.79 Å². The van der Waals surface area contributed by atoms with E-state index < -0.39 is 5.97 Å². The molecule has 0 amide bonds. The molecule has 0 N–H and O–H groups in total. The summed E-state index contributed by atoms with van der Waals surface area (Å²) in [7, 11) is 0. The minimum Gasteiger partial charge on any atom is -0.454 e. The number of ether oxygens (including phenoxy) is 3. The van der Waals surface area contributed by atoms with Crippen molar-refractivity contribution in [3.8, 4) is 17.2 Å². The first-order chi connectivity index (χ1) is 12.7. The molecule has 0 atom stereocenters. The van der Waals surface area contributed by atoms with Gasteiger partial charge in [-0.05, 0) is 24.3 Å². The summed E-state index contributed by atoms with van der Waals surface area (Å²) in [5.41, 5.74) is 1.46. The van der Waals surface area contributed by atoms with Crippen molar-refractivity contribution < 1.29 is 23.8 Å². The number of benzene rings is 3. The molecule has 3 aromatic carbocycles. The second-order valence-corrected chi connectivity index (χ2v) is 5.68. The third-order valence-electron chi connectivity index (χ3n) is 3.97. The quantitative estimate of drug-likeness (QED) is 0.408. The maximum atomic E-state index is 12.4. The van der Waals surface area contributed by atoms with Gasteiger partial charge in [0.05, 0.1) is 5.56 Å².